The Balaban J connectivity index is 1.70. The lowest BCUT2D eigenvalue weighted by Gasteiger charge is -2.13. The summed E-state index contributed by atoms with van der Waals surface area (Å²) in [7, 11) is 0. The van der Waals surface area contributed by atoms with Crippen molar-refractivity contribution in [1.82, 2.24) is 15.3 Å². The molecule has 1 aromatic carbocycles. The molecule has 0 fully saturated rings. The van der Waals surface area contributed by atoms with Crippen LogP contribution in [-0.4, -0.2) is 21.8 Å². The second-order valence-electron chi connectivity index (χ2n) is 6.61. The fraction of sp³-hybridized carbons (Fsp3) is 0.182. The van der Waals surface area contributed by atoms with Gasteiger partial charge in [0.25, 0.3) is 11.8 Å². The molecule has 0 atom stereocenters. The van der Waals surface area contributed by atoms with Crippen LogP contribution in [0.15, 0.2) is 66.9 Å². The van der Waals surface area contributed by atoms with Crippen LogP contribution in [0.3, 0.4) is 0 Å². The van der Waals surface area contributed by atoms with Gasteiger partial charge in [0.05, 0.1) is 12.2 Å². The van der Waals surface area contributed by atoms with Crippen molar-refractivity contribution in [2.24, 2.45) is 0 Å². The van der Waals surface area contributed by atoms with Crippen LogP contribution in [0.25, 0.3) is 0 Å². The normalized spacial score (nSPS) is 10.5. The van der Waals surface area contributed by atoms with E-state index in [4.69, 9.17) is 0 Å². The average Bonchev–Trinajstić information content (AvgIpc) is 2.73. The maximum absolute atomic E-state index is 12.6. The summed E-state index contributed by atoms with van der Waals surface area (Å²) in [4.78, 5) is 33.4. The van der Waals surface area contributed by atoms with E-state index in [1.165, 1.54) is 0 Å². The van der Waals surface area contributed by atoms with Crippen molar-refractivity contribution >= 4 is 17.5 Å². The minimum Gasteiger partial charge on any atom is -0.345 e. The largest absolute Gasteiger partial charge is 0.345 e. The van der Waals surface area contributed by atoms with Crippen molar-refractivity contribution < 1.29 is 9.59 Å². The molecule has 2 aromatic heterocycles. The van der Waals surface area contributed by atoms with E-state index in [9.17, 15) is 9.59 Å². The van der Waals surface area contributed by atoms with Gasteiger partial charge >= 0.3 is 0 Å². The van der Waals surface area contributed by atoms with E-state index in [0.29, 0.717) is 6.54 Å². The van der Waals surface area contributed by atoms with E-state index in [1.807, 2.05) is 42.5 Å². The second kappa shape index (κ2) is 8.90. The number of nitrogens with one attached hydrogen (secondary N) is 2. The Morgan fingerprint density at radius 2 is 1.61 bits per heavy atom. The summed E-state index contributed by atoms with van der Waals surface area (Å²) < 4.78 is 0. The molecule has 142 valence electrons. The third-order valence-corrected chi connectivity index (χ3v) is 4.20. The third kappa shape index (κ3) is 4.79. The SMILES string of the molecule is CC(C)c1ccccc1NC(=O)c1cccc(C(=O)NCc2ccccn2)n1. The van der Waals surface area contributed by atoms with Crippen LogP contribution in [0.2, 0.25) is 0 Å². The fourth-order valence-electron chi connectivity index (χ4n) is 2.75. The molecule has 2 heterocycles. The number of nitrogens with zero attached hydrogens (tertiary/aromatic N) is 2. The van der Waals surface area contributed by atoms with Crippen LogP contribution in [-0.2, 0) is 6.54 Å². The molecule has 0 aliphatic carbocycles. The van der Waals surface area contributed by atoms with Crippen LogP contribution in [0, 0.1) is 0 Å². The highest BCUT2D eigenvalue weighted by atomic mass is 16.2. The zero-order chi connectivity index (χ0) is 19.9. The van der Waals surface area contributed by atoms with Crippen molar-refractivity contribution in [3.8, 4) is 0 Å². The molecule has 0 saturated carbocycles. The van der Waals surface area contributed by atoms with Gasteiger partial charge in [-0.2, -0.15) is 0 Å². The van der Waals surface area contributed by atoms with Crippen LogP contribution >= 0.6 is 0 Å². The minimum absolute atomic E-state index is 0.181. The number of rotatable bonds is 6. The maximum atomic E-state index is 12.6. The van der Waals surface area contributed by atoms with Gasteiger partial charge < -0.3 is 10.6 Å². The van der Waals surface area contributed by atoms with E-state index < -0.39 is 0 Å². The standard InChI is InChI=1S/C22H22N4O2/c1-15(2)17-9-3-4-10-18(17)26-22(28)20-12-7-11-19(25-20)21(27)24-14-16-8-5-6-13-23-16/h3-13,15H,14H2,1-2H3,(H,24,27)(H,26,28). The summed E-state index contributed by atoms with van der Waals surface area (Å²) in [6.45, 7) is 4.42. The van der Waals surface area contributed by atoms with Gasteiger partial charge in [-0.3, -0.25) is 14.6 Å². The van der Waals surface area contributed by atoms with Crippen LogP contribution in [0.5, 0.6) is 0 Å². The molecule has 3 aromatic rings. The van der Waals surface area contributed by atoms with Gasteiger partial charge in [-0.05, 0) is 41.8 Å². The lowest BCUT2D eigenvalue weighted by molar-refractivity contribution is 0.0945. The first-order valence-electron chi connectivity index (χ1n) is 9.10. The Labute approximate surface area is 164 Å². The van der Waals surface area contributed by atoms with Gasteiger partial charge in [-0.1, -0.05) is 44.2 Å². The average molecular weight is 374 g/mol. The molecule has 6 heteroatoms. The Hall–Kier alpha value is -3.54. The van der Waals surface area contributed by atoms with Crippen LogP contribution < -0.4 is 10.6 Å². The van der Waals surface area contributed by atoms with E-state index in [-0.39, 0.29) is 29.1 Å². The zero-order valence-corrected chi connectivity index (χ0v) is 15.8. The molecule has 28 heavy (non-hydrogen) atoms. The van der Waals surface area contributed by atoms with E-state index in [1.54, 1.807) is 24.4 Å². The van der Waals surface area contributed by atoms with Gasteiger partial charge in [0.15, 0.2) is 0 Å². The number of carbonyl (C=O) groups excluding carboxylic acids is 2. The number of pyridine rings is 2. The van der Waals surface area contributed by atoms with E-state index in [2.05, 4.69) is 34.4 Å². The second-order valence-corrected chi connectivity index (χ2v) is 6.61. The molecule has 0 saturated heterocycles. The number of carbonyl (C=O) groups is 2. The number of anilines is 1. The summed E-state index contributed by atoms with van der Waals surface area (Å²) >= 11 is 0. The first-order chi connectivity index (χ1) is 13.5. The maximum Gasteiger partial charge on any atom is 0.274 e. The van der Waals surface area contributed by atoms with Crippen molar-refractivity contribution in [2.45, 2.75) is 26.3 Å². The van der Waals surface area contributed by atoms with Crippen molar-refractivity contribution in [2.75, 3.05) is 5.32 Å². The Bertz CT molecular complexity index is 971. The Morgan fingerprint density at radius 3 is 2.32 bits per heavy atom. The summed E-state index contributed by atoms with van der Waals surface area (Å²) in [5, 5.41) is 5.65. The van der Waals surface area contributed by atoms with Crippen molar-refractivity contribution in [1.29, 1.82) is 0 Å². The molecular weight excluding hydrogens is 352 g/mol. The zero-order valence-electron chi connectivity index (χ0n) is 15.8. The molecule has 0 unspecified atom stereocenters. The Kier molecular flexibility index (Phi) is 6.11. The smallest absolute Gasteiger partial charge is 0.274 e. The molecule has 2 N–H and O–H groups in total. The predicted octanol–water partition coefficient (Wildman–Crippen LogP) is 3.78. The highest BCUT2D eigenvalue weighted by molar-refractivity contribution is 6.04. The molecule has 2 amide bonds. The van der Waals surface area contributed by atoms with Gasteiger partial charge in [0.2, 0.25) is 0 Å². The molecule has 0 radical (unpaired) electrons. The monoisotopic (exact) mass is 374 g/mol. The number of para-hydroxylation sites is 1. The number of aromatic nitrogens is 2. The van der Waals surface area contributed by atoms with Crippen LogP contribution in [0.4, 0.5) is 5.69 Å². The predicted molar refractivity (Wildman–Crippen MR) is 108 cm³/mol. The molecule has 0 bridgehead atoms. The third-order valence-electron chi connectivity index (χ3n) is 4.20. The topological polar surface area (TPSA) is 84.0 Å². The van der Waals surface area contributed by atoms with E-state index in [0.717, 1.165) is 16.9 Å². The summed E-state index contributed by atoms with van der Waals surface area (Å²) in [5.74, 6) is -0.441. The molecule has 0 aliphatic rings. The highest BCUT2D eigenvalue weighted by Crippen LogP contribution is 2.24. The van der Waals surface area contributed by atoms with Crippen molar-refractivity contribution in [3.05, 3.63) is 89.5 Å². The van der Waals surface area contributed by atoms with Gasteiger partial charge in [-0.15, -0.1) is 0 Å². The van der Waals surface area contributed by atoms with E-state index >= 15 is 0 Å². The lowest BCUT2D eigenvalue weighted by Crippen LogP contribution is -2.25. The molecule has 6 nitrogen and oxygen atoms in total. The van der Waals surface area contributed by atoms with Gasteiger partial charge in [0, 0.05) is 11.9 Å². The highest BCUT2D eigenvalue weighted by Gasteiger charge is 2.14. The number of hydrogen-bond donors (Lipinski definition) is 2. The molecular formula is C22H22N4O2. The molecule has 0 spiro atoms. The first kappa shape index (κ1) is 19.2. The minimum atomic E-state index is -0.358. The van der Waals surface area contributed by atoms with Crippen molar-refractivity contribution in [3.63, 3.8) is 0 Å². The number of benzene rings is 1. The summed E-state index contributed by atoms with van der Waals surface area (Å²) in [5.41, 5.74) is 2.90. The fourth-order valence-corrected chi connectivity index (χ4v) is 2.75. The van der Waals surface area contributed by atoms with Crippen LogP contribution in [0.1, 0.15) is 52.0 Å². The molecule has 3 rings (SSSR count). The summed E-state index contributed by atoms with van der Waals surface area (Å²) in [6.07, 6.45) is 1.67. The number of hydrogen-bond acceptors (Lipinski definition) is 4. The number of amides is 2. The van der Waals surface area contributed by atoms with Gasteiger partial charge in [-0.25, -0.2) is 4.98 Å². The first-order valence-corrected chi connectivity index (χ1v) is 9.10. The lowest BCUT2D eigenvalue weighted by atomic mass is 10.0. The Morgan fingerprint density at radius 1 is 0.893 bits per heavy atom. The summed E-state index contributed by atoms with van der Waals surface area (Å²) in [6, 6.07) is 17.9. The quantitative estimate of drug-likeness (QED) is 0.688. The van der Waals surface area contributed by atoms with Gasteiger partial charge in [0.1, 0.15) is 11.4 Å². The molecule has 0 aliphatic heterocycles.